The van der Waals surface area contributed by atoms with Crippen molar-refractivity contribution in [2.24, 2.45) is 0 Å². The van der Waals surface area contributed by atoms with Gasteiger partial charge in [-0.05, 0) is 61.7 Å². The minimum atomic E-state index is 1.01. The van der Waals surface area contributed by atoms with Crippen LogP contribution in [0.1, 0.15) is 23.1 Å². The minimum Gasteiger partial charge on any atom is -0.341 e. The summed E-state index contributed by atoms with van der Waals surface area (Å²) >= 11 is 0. The van der Waals surface area contributed by atoms with Crippen LogP contribution in [0.25, 0.3) is 0 Å². The molecule has 0 aromatic heterocycles. The fourth-order valence-electron chi connectivity index (χ4n) is 4.08. The highest BCUT2D eigenvalue weighted by Gasteiger charge is 2.19. The summed E-state index contributed by atoms with van der Waals surface area (Å²) in [5.74, 6) is 0. The Morgan fingerprint density at radius 2 is 1.30 bits per heavy atom. The van der Waals surface area contributed by atoms with E-state index in [9.17, 15) is 0 Å². The van der Waals surface area contributed by atoms with Crippen LogP contribution in [0.5, 0.6) is 0 Å². The summed E-state index contributed by atoms with van der Waals surface area (Å²) in [5.41, 5.74) is 7.07. The number of aryl methyl sites for hydroxylation is 2. The summed E-state index contributed by atoms with van der Waals surface area (Å²) in [5, 5.41) is 0. The van der Waals surface area contributed by atoms with Crippen molar-refractivity contribution < 1.29 is 0 Å². The van der Waals surface area contributed by atoms with E-state index in [-0.39, 0.29) is 0 Å². The Morgan fingerprint density at radius 3 is 1.93 bits per heavy atom. The maximum Gasteiger partial charge on any atom is 0.0443 e. The van der Waals surface area contributed by atoms with Crippen molar-refractivity contribution in [2.75, 3.05) is 25.0 Å². The Hall–Kier alpha value is -2.58. The van der Waals surface area contributed by atoms with Gasteiger partial charge in [-0.2, -0.15) is 0 Å². The molecule has 1 aliphatic rings. The highest BCUT2D eigenvalue weighted by Crippen LogP contribution is 2.35. The quantitative estimate of drug-likeness (QED) is 0.580. The van der Waals surface area contributed by atoms with E-state index in [1.165, 1.54) is 28.1 Å². The van der Waals surface area contributed by atoms with Crippen LogP contribution >= 0.6 is 0 Å². The van der Waals surface area contributed by atoms with Crippen molar-refractivity contribution in [3.8, 4) is 0 Å². The zero-order valence-electron chi connectivity index (χ0n) is 16.1. The largest absolute Gasteiger partial charge is 0.341 e. The lowest BCUT2D eigenvalue weighted by molar-refractivity contribution is 0.324. The van der Waals surface area contributed by atoms with Gasteiger partial charge in [0.25, 0.3) is 0 Å². The summed E-state index contributed by atoms with van der Waals surface area (Å²) in [6, 6.07) is 28.5. The summed E-state index contributed by atoms with van der Waals surface area (Å²) in [4.78, 5) is 4.96. The topological polar surface area (TPSA) is 6.48 Å². The number of anilines is 2. The van der Waals surface area contributed by atoms with Crippen LogP contribution in [0.3, 0.4) is 0 Å². The van der Waals surface area contributed by atoms with Crippen LogP contribution in [-0.2, 0) is 19.4 Å². The zero-order valence-corrected chi connectivity index (χ0v) is 16.1. The molecule has 138 valence electrons. The average Bonchev–Trinajstić information content (AvgIpc) is 2.86. The van der Waals surface area contributed by atoms with Gasteiger partial charge in [-0.1, -0.05) is 66.7 Å². The third-order valence-corrected chi connectivity index (χ3v) is 5.45. The van der Waals surface area contributed by atoms with E-state index in [0.717, 1.165) is 38.9 Å². The van der Waals surface area contributed by atoms with Gasteiger partial charge in [0.05, 0.1) is 0 Å². The lowest BCUT2D eigenvalue weighted by Crippen LogP contribution is -2.25. The maximum absolute atomic E-state index is 2.54. The van der Waals surface area contributed by atoms with Crippen LogP contribution in [-0.4, -0.2) is 25.0 Å². The molecular weight excluding hydrogens is 328 g/mol. The van der Waals surface area contributed by atoms with Crippen molar-refractivity contribution in [3.63, 3.8) is 0 Å². The molecule has 4 rings (SSSR count). The number of nitrogens with zero attached hydrogens (tertiary/aromatic N) is 2. The molecule has 0 atom stereocenters. The molecule has 0 N–H and O–H groups in total. The molecule has 0 radical (unpaired) electrons. The molecule has 0 spiro atoms. The van der Waals surface area contributed by atoms with Gasteiger partial charge in [-0.15, -0.1) is 0 Å². The lowest BCUT2D eigenvalue weighted by atomic mass is 10.0. The summed E-state index contributed by atoms with van der Waals surface area (Å²) in [6.45, 7) is 3.15. The van der Waals surface area contributed by atoms with Gasteiger partial charge in [-0.25, -0.2) is 0 Å². The zero-order chi connectivity index (χ0) is 18.5. The van der Waals surface area contributed by atoms with Crippen molar-refractivity contribution in [1.29, 1.82) is 0 Å². The number of para-hydroxylation sites is 2. The molecule has 3 aromatic carbocycles. The van der Waals surface area contributed by atoms with Crippen molar-refractivity contribution in [2.45, 2.75) is 25.8 Å². The van der Waals surface area contributed by atoms with E-state index in [2.05, 4.69) is 95.7 Å². The van der Waals surface area contributed by atoms with Crippen molar-refractivity contribution >= 4 is 11.4 Å². The first-order valence-electron chi connectivity index (χ1n) is 9.97. The van der Waals surface area contributed by atoms with E-state index in [4.69, 9.17) is 0 Å². The van der Waals surface area contributed by atoms with Crippen molar-refractivity contribution in [3.05, 3.63) is 95.6 Å². The van der Waals surface area contributed by atoms with Gasteiger partial charge in [0.2, 0.25) is 0 Å². The number of fused-ring (bicyclic) bond motifs is 2. The third-order valence-electron chi connectivity index (χ3n) is 5.45. The summed E-state index contributed by atoms with van der Waals surface area (Å²) < 4.78 is 0. The fraction of sp³-hybridized carbons (Fsp3) is 0.280. The third kappa shape index (κ3) is 4.23. The maximum atomic E-state index is 2.54. The number of rotatable bonds is 6. The van der Waals surface area contributed by atoms with E-state index < -0.39 is 0 Å². The van der Waals surface area contributed by atoms with Crippen LogP contribution in [0, 0.1) is 0 Å². The first kappa shape index (κ1) is 17.8. The molecule has 2 heteroatoms. The van der Waals surface area contributed by atoms with E-state index in [1.54, 1.807) is 0 Å². The summed E-state index contributed by atoms with van der Waals surface area (Å²) in [7, 11) is 2.22. The van der Waals surface area contributed by atoms with Crippen LogP contribution in [0.4, 0.5) is 11.4 Å². The van der Waals surface area contributed by atoms with Crippen LogP contribution < -0.4 is 4.90 Å². The molecular formula is C25H28N2. The smallest absolute Gasteiger partial charge is 0.0443 e. The second kappa shape index (κ2) is 8.41. The molecule has 2 nitrogen and oxygen atoms in total. The van der Waals surface area contributed by atoms with Gasteiger partial charge in [-0.3, -0.25) is 0 Å². The van der Waals surface area contributed by atoms with Gasteiger partial charge >= 0.3 is 0 Å². The normalized spacial score (nSPS) is 13.2. The molecule has 1 aliphatic heterocycles. The lowest BCUT2D eigenvalue weighted by Gasteiger charge is -2.28. The minimum absolute atomic E-state index is 1.01. The van der Waals surface area contributed by atoms with Gasteiger partial charge in [0.1, 0.15) is 0 Å². The molecule has 3 aromatic rings. The second-order valence-corrected chi connectivity index (χ2v) is 7.49. The number of benzene rings is 3. The Balaban J connectivity index is 1.46. The molecule has 0 bridgehead atoms. The molecule has 0 saturated carbocycles. The highest BCUT2D eigenvalue weighted by atomic mass is 15.2. The SMILES string of the molecule is CN(CCCN1c2ccccc2CCc2ccccc21)Cc1ccccc1. The van der Waals surface area contributed by atoms with E-state index in [1.807, 2.05) is 0 Å². The monoisotopic (exact) mass is 356 g/mol. The van der Waals surface area contributed by atoms with E-state index in [0.29, 0.717) is 0 Å². The molecule has 27 heavy (non-hydrogen) atoms. The summed E-state index contributed by atoms with van der Waals surface area (Å²) in [6.07, 6.45) is 3.39. The van der Waals surface area contributed by atoms with Gasteiger partial charge in [0.15, 0.2) is 0 Å². The molecule has 0 saturated heterocycles. The molecule has 0 fully saturated rings. The van der Waals surface area contributed by atoms with Crippen LogP contribution in [0.15, 0.2) is 78.9 Å². The number of hydrogen-bond donors (Lipinski definition) is 0. The first-order valence-corrected chi connectivity index (χ1v) is 9.97. The fourth-order valence-corrected chi connectivity index (χ4v) is 4.08. The Bertz CT molecular complexity index is 825. The molecule has 0 unspecified atom stereocenters. The van der Waals surface area contributed by atoms with Crippen LogP contribution in [0.2, 0.25) is 0 Å². The molecule has 0 aliphatic carbocycles. The second-order valence-electron chi connectivity index (χ2n) is 7.49. The van der Waals surface area contributed by atoms with E-state index >= 15 is 0 Å². The Kier molecular flexibility index (Phi) is 5.55. The first-order chi connectivity index (χ1) is 13.3. The molecule has 0 amide bonds. The standard InChI is InChI=1S/C25H28N2/c1-26(20-21-10-3-2-4-11-21)18-9-19-27-24-14-7-5-12-22(24)16-17-23-13-6-8-15-25(23)27/h2-8,10-15H,9,16-20H2,1H3. The average molecular weight is 357 g/mol. The Morgan fingerprint density at radius 1 is 0.741 bits per heavy atom. The number of hydrogen-bond acceptors (Lipinski definition) is 2. The highest BCUT2D eigenvalue weighted by molar-refractivity contribution is 5.71. The van der Waals surface area contributed by atoms with Gasteiger partial charge < -0.3 is 9.80 Å². The Labute approximate surface area is 163 Å². The van der Waals surface area contributed by atoms with Crippen molar-refractivity contribution in [1.82, 2.24) is 4.90 Å². The predicted octanol–water partition coefficient (Wildman–Crippen LogP) is 5.45. The van der Waals surface area contributed by atoms with Gasteiger partial charge in [0, 0.05) is 24.5 Å². The predicted molar refractivity (Wildman–Crippen MR) is 115 cm³/mol. The molecule has 1 heterocycles.